The van der Waals surface area contributed by atoms with Gasteiger partial charge in [-0.05, 0) is 31.5 Å². The molecule has 0 radical (unpaired) electrons. The van der Waals surface area contributed by atoms with Crippen molar-refractivity contribution in [2.75, 3.05) is 12.3 Å². The van der Waals surface area contributed by atoms with E-state index in [1.807, 2.05) is 30.3 Å². The molecule has 1 fully saturated rings. The largest absolute Gasteiger partial charge is 0.480 e. The van der Waals surface area contributed by atoms with Gasteiger partial charge in [0.15, 0.2) is 5.78 Å². The molecule has 1 atom stereocenters. The van der Waals surface area contributed by atoms with Gasteiger partial charge in [0.25, 0.3) is 0 Å². The van der Waals surface area contributed by atoms with Crippen LogP contribution in [0.4, 0.5) is 5.69 Å². The zero-order valence-electron chi connectivity index (χ0n) is 12.7. The molecule has 0 aromatic heterocycles. The van der Waals surface area contributed by atoms with E-state index in [4.69, 9.17) is 10.8 Å². The molecular weight excluding hydrogens is 292 g/mol. The van der Waals surface area contributed by atoms with Crippen molar-refractivity contribution in [3.8, 4) is 0 Å². The number of rotatable bonds is 3. The van der Waals surface area contributed by atoms with Crippen LogP contribution in [0.2, 0.25) is 0 Å². The molecule has 1 aliphatic heterocycles. The van der Waals surface area contributed by atoms with Crippen molar-refractivity contribution < 1.29 is 14.7 Å². The average Bonchev–Trinajstić information content (AvgIpc) is 3.11. The number of carbonyl (C=O) groups is 2. The lowest BCUT2D eigenvalue weighted by Crippen LogP contribution is -2.29. The number of ketones is 1. The van der Waals surface area contributed by atoms with Crippen LogP contribution in [0.15, 0.2) is 54.6 Å². The number of nitrogens with two attached hydrogens (primary N) is 1. The van der Waals surface area contributed by atoms with E-state index in [1.54, 1.807) is 24.3 Å². The van der Waals surface area contributed by atoms with Gasteiger partial charge in [-0.1, -0.05) is 42.5 Å². The highest BCUT2D eigenvalue weighted by Crippen LogP contribution is 2.15. The number of benzene rings is 2. The Morgan fingerprint density at radius 2 is 1.70 bits per heavy atom. The highest BCUT2D eigenvalue weighted by molar-refractivity contribution is 6.11. The second kappa shape index (κ2) is 8.10. The second-order valence-corrected chi connectivity index (χ2v) is 5.27. The van der Waals surface area contributed by atoms with Crippen LogP contribution in [0, 0.1) is 0 Å². The van der Waals surface area contributed by atoms with E-state index in [9.17, 15) is 9.59 Å². The van der Waals surface area contributed by atoms with Crippen LogP contribution in [0.3, 0.4) is 0 Å². The molecule has 120 valence electrons. The number of nitrogens with one attached hydrogen (secondary N) is 1. The molecule has 0 spiro atoms. The molecule has 0 bridgehead atoms. The molecule has 5 heteroatoms. The predicted octanol–water partition coefficient (Wildman–Crippen LogP) is 2.32. The Hall–Kier alpha value is -2.66. The molecule has 5 nitrogen and oxygen atoms in total. The van der Waals surface area contributed by atoms with Gasteiger partial charge in [0, 0.05) is 16.8 Å². The maximum absolute atomic E-state index is 12.0. The van der Waals surface area contributed by atoms with Crippen molar-refractivity contribution in [1.82, 2.24) is 5.32 Å². The summed E-state index contributed by atoms with van der Waals surface area (Å²) >= 11 is 0. The Labute approximate surface area is 135 Å². The van der Waals surface area contributed by atoms with E-state index >= 15 is 0 Å². The van der Waals surface area contributed by atoms with E-state index in [0.717, 1.165) is 19.4 Å². The smallest absolute Gasteiger partial charge is 0.320 e. The Kier molecular flexibility index (Phi) is 5.88. The zero-order chi connectivity index (χ0) is 16.7. The molecule has 2 aromatic rings. The normalized spacial score (nSPS) is 16.3. The molecule has 3 rings (SSSR count). The van der Waals surface area contributed by atoms with Gasteiger partial charge in [-0.25, -0.2) is 0 Å². The van der Waals surface area contributed by atoms with Gasteiger partial charge in [-0.3, -0.25) is 9.59 Å². The van der Waals surface area contributed by atoms with Crippen molar-refractivity contribution in [1.29, 1.82) is 0 Å². The van der Waals surface area contributed by atoms with Crippen molar-refractivity contribution >= 4 is 17.4 Å². The van der Waals surface area contributed by atoms with Gasteiger partial charge in [-0.15, -0.1) is 0 Å². The Morgan fingerprint density at radius 3 is 2.22 bits per heavy atom. The summed E-state index contributed by atoms with van der Waals surface area (Å²) in [5.41, 5.74) is 7.48. The number of hydrogen-bond donors (Lipinski definition) is 3. The topological polar surface area (TPSA) is 92.4 Å². The molecule has 1 heterocycles. The monoisotopic (exact) mass is 312 g/mol. The molecule has 0 aliphatic carbocycles. The molecule has 0 saturated carbocycles. The van der Waals surface area contributed by atoms with Crippen LogP contribution < -0.4 is 11.1 Å². The summed E-state index contributed by atoms with van der Waals surface area (Å²) in [7, 11) is 0. The summed E-state index contributed by atoms with van der Waals surface area (Å²) in [5, 5.41) is 11.2. The standard InChI is InChI=1S/C13H11NO.C5H9NO2/c14-12-9-5-4-8-11(12)13(15)10-6-2-1-3-7-10;7-5(8)4-2-1-3-6-4/h1-9H,14H2;4,6H,1-3H2,(H,7,8)/t;4-/m.1/s1. The Bertz CT molecular complexity index is 665. The number of carboxylic acids is 1. The molecule has 2 aromatic carbocycles. The summed E-state index contributed by atoms with van der Waals surface area (Å²) in [5.74, 6) is -0.754. The van der Waals surface area contributed by atoms with Gasteiger partial charge < -0.3 is 16.2 Å². The van der Waals surface area contributed by atoms with E-state index in [-0.39, 0.29) is 11.8 Å². The molecule has 1 saturated heterocycles. The quantitative estimate of drug-likeness (QED) is 0.597. The highest BCUT2D eigenvalue weighted by Gasteiger charge is 2.20. The van der Waals surface area contributed by atoms with Crippen LogP contribution in [0.1, 0.15) is 28.8 Å². The van der Waals surface area contributed by atoms with Crippen LogP contribution in [-0.2, 0) is 4.79 Å². The lowest BCUT2D eigenvalue weighted by molar-refractivity contribution is -0.139. The first kappa shape index (κ1) is 16.7. The second-order valence-electron chi connectivity index (χ2n) is 5.27. The van der Waals surface area contributed by atoms with E-state index < -0.39 is 5.97 Å². The maximum atomic E-state index is 12.0. The lowest BCUT2D eigenvalue weighted by Gasteiger charge is -2.03. The van der Waals surface area contributed by atoms with Crippen molar-refractivity contribution in [3.05, 3.63) is 65.7 Å². The Balaban J connectivity index is 0.000000203. The van der Waals surface area contributed by atoms with Gasteiger partial charge in [0.1, 0.15) is 6.04 Å². The maximum Gasteiger partial charge on any atom is 0.320 e. The summed E-state index contributed by atoms with van der Waals surface area (Å²) in [6.07, 6.45) is 1.78. The van der Waals surface area contributed by atoms with Crippen molar-refractivity contribution in [2.45, 2.75) is 18.9 Å². The summed E-state index contributed by atoms with van der Waals surface area (Å²) < 4.78 is 0. The minimum absolute atomic E-state index is 0.0336. The number of carbonyl (C=O) groups excluding carboxylic acids is 1. The first-order chi connectivity index (χ1) is 11.1. The molecular formula is C18H20N2O3. The van der Waals surface area contributed by atoms with Gasteiger partial charge >= 0.3 is 5.97 Å². The molecule has 1 aliphatic rings. The number of para-hydroxylation sites is 1. The van der Waals surface area contributed by atoms with Gasteiger partial charge in [-0.2, -0.15) is 0 Å². The van der Waals surface area contributed by atoms with Crippen LogP contribution in [0.25, 0.3) is 0 Å². The van der Waals surface area contributed by atoms with E-state index in [1.165, 1.54) is 0 Å². The number of carboxylic acid groups (broad SMARTS) is 1. The van der Waals surface area contributed by atoms with Crippen LogP contribution in [-0.4, -0.2) is 29.4 Å². The third-order valence-electron chi connectivity index (χ3n) is 3.60. The van der Waals surface area contributed by atoms with E-state index in [2.05, 4.69) is 5.32 Å². The molecule has 23 heavy (non-hydrogen) atoms. The third-order valence-corrected chi connectivity index (χ3v) is 3.60. The number of anilines is 1. The molecule has 4 N–H and O–H groups in total. The Morgan fingerprint density at radius 1 is 1.04 bits per heavy atom. The summed E-state index contributed by atoms with van der Waals surface area (Å²) in [6.45, 7) is 0.858. The van der Waals surface area contributed by atoms with Crippen molar-refractivity contribution in [2.24, 2.45) is 0 Å². The van der Waals surface area contributed by atoms with Gasteiger partial charge in [0.05, 0.1) is 0 Å². The van der Waals surface area contributed by atoms with Crippen molar-refractivity contribution in [3.63, 3.8) is 0 Å². The number of hydrogen-bond acceptors (Lipinski definition) is 4. The van der Waals surface area contributed by atoms with Crippen LogP contribution in [0.5, 0.6) is 0 Å². The fourth-order valence-corrected chi connectivity index (χ4v) is 2.34. The SMILES string of the molecule is Nc1ccccc1C(=O)c1ccccc1.O=C(O)[C@H]1CCCN1. The third kappa shape index (κ3) is 4.66. The lowest BCUT2D eigenvalue weighted by atomic mass is 10.0. The molecule has 0 amide bonds. The summed E-state index contributed by atoms with van der Waals surface area (Å²) in [4.78, 5) is 22.1. The molecule has 0 unspecified atom stereocenters. The fraction of sp³-hybridized carbons (Fsp3) is 0.222. The average molecular weight is 312 g/mol. The predicted molar refractivity (Wildman–Crippen MR) is 89.4 cm³/mol. The van der Waals surface area contributed by atoms with Gasteiger partial charge in [0.2, 0.25) is 0 Å². The first-order valence-corrected chi connectivity index (χ1v) is 7.50. The summed E-state index contributed by atoms with van der Waals surface area (Å²) in [6, 6.07) is 16.0. The number of nitrogen functional groups attached to an aromatic ring is 1. The number of aliphatic carboxylic acids is 1. The van der Waals surface area contributed by atoms with Crippen LogP contribution >= 0.6 is 0 Å². The zero-order valence-corrected chi connectivity index (χ0v) is 12.7. The fourth-order valence-electron chi connectivity index (χ4n) is 2.34. The van der Waals surface area contributed by atoms with E-state index in [0.29, 0.717) is 16.8 Å². The first-order valence-electron chi connectivity index (χ1n) is 7.50. The highest BCUT2D eigenvalue weighted by atomic mass is 16.4. The minimum atomic E-state index is -0.720. The minimum Gasteiger partial charge on any atom is -0.480 e.